The maximum atomic E-state index is 10.3. The zero-order valence-corrected chi connectivity index (χ0v) is 9.88. The molecule has 0 aliphatic carbocycles. The van der Waals surface area contributed by atoms with Crippen molar-refractivity contribution >= 4 is 16.8 Å². The van der Waals surface area contributed by atoms with Gasteiger partial charge in [0.05, 0.1) is 0 Å². The van der Waals surface area contributed by atoms with Gasteiger partial charge in [-0.1, -0.05) is 24.3 Å². The van der Waals surface area contributed by atoms with E-state index in [1.165, 1.54) is 0 Å². The average molecular weight is 250 g/mol. The number of benzene rings is 1. The van der Waals surface area contributed by atoms with Gasteiger partial charge in [0.15, 0.2) is 6.61 Å². The second-order valence-corrected chi connectivity index (χ2v) is 3.40. The zero-order valence-electron chi connectivity index (χ0n) is 9.12. The second kappa shape index (κ2) is 8.30. The van der Waals surface area contributed by atoms with Crippen molar-refractivity contribution in [2.45, 2.75) is 0 Å². The standard InChI is InChI=1S/C8H7ClO2.C5H5N/c9-8(10)6-11-7-4-2-1-3-5-7;1-2-4-6-5-3-1/h1-5H,6H2;1-5H. The van der Waals surface area contributed by atoms with Gasteiger partial charge in [-0.25, -0.2) is 0 Å². The number of hydrogen-bond donors (Lipinski definition) is 0. The summed E-state index contributed by atoms with van der Waals surface area (Å²) in [6.07, 6.45) is 3.50. The number of ether oxygens (including phenoxy) is 1. The van der Waals surface area contributed by atoms with Crippen LogP contribution in [-0.4, -0.2) is 16.8 Å². The van der Waals surface area contributed by atoms with Crippen LogP contribution in [0.25, 0.3) is 0 Å². The number of nitrogens with zero attached hydrogens (tertiary/aromatic N) is 1. The van der Waals surface area contributed by atoms with E-state index >= 15 is 0 Å². The summed E-state index contributed by atoms with van der Waals surface area (Å²) in [4.78, 5) is 14.0. The summed E-state index contributed by atoms with van der Waals surface area (Å²) in [5, 5.41) is -0.492. The highest BCUT2D eigenvalue weighted by Crippen LogP contribution is 2.07. The molecule has 2 aromatic rings. The van der Waals surface area contributed by atoms with Crippen LogP contribution in [0.4, 0.5) is 0 Å². The van der Waals surface area contributed by atoms with Crippen LogP contribution in [0.5, 0.6) is 5.75 Å². The topological polar surface area (TPSA) is 39.2 Å². The minimum atomic E-state index is -0.492. The van der Waals surface area contributed by atoms with Crippen LogP contribution in [-0.2, 0) is 4.79 Å². The lowest BCUT2D eigenvalue weighted by Gasteiger charge is -2.00. The molecule has 88 valence electrons. The normalized spacial score (nSPS) is 8.76. The van der Waals surface area contributed by atoms with Gasteiger partial charge in [-0.15, -0.1) is 0 Å². The number of aromatic nitrogens is 1. The molecule has 3 nitrogen and oxygen atoms in total. The third-order valence-corrected chi connectivity index (χ3v) is 1.77. The van der Waals surface area contributed by atoms with E-state index in [2.05, 4.69) is 4.98 Å². The first-order chi connectivity index (χ1) is 8.29. The lowest BCUT2D eigenvalue weighted by Crippen LogP contribution is -2.03. The van der Waals surface area contributed by atoms with E-state index in [9.17, 15) is 4.79 Å². The predicted molar refractivity (Wildman–Crippen MR) is 67.0 cm³/mol. The van der Waals surface area contributed by atoms with Crippen molar-refractivity contribution in [3.63, 3.8) is 0 Å². The lowest BCUT2D eigenvalue weighted by molar-refractivity contribution is -0.113. The van der Waals surface area contributed by atoms with Crippen LogP contribution in [0.2, 0.25) is 0 Å². The van der Waals surface area contributed by atoms with E-state index in [0.29, 0.717) is 5.75 Å². The molecule has 0 atom stereocenters. The number of carbonyl (C=O) groups is 1. The average Bonchev–Trinajstić information content (AvgIpc) is 2.40. The Bertz CT molecular complexity index is 393. The molecule has 0 saturated heterocycles. The summed E-state index contributed by atoms with van der Waals surface area (Å²) in [6.45, 7) is -0.0778. The van der Waals surface area contributed by atoms with Crippen LogP contribution in [0.1, 0.15) is 0 Å². The third kappa shape index (κ3) is 7.09. The fraction of sp³-hybridized carbons (Fsp3) is 0.0769. The van der Waals surface area contributed by atoms with Gasteiger partial charge in [0.1, 0.15) is 5.75 Å². The van der Waals surface area contributed by atoms with E-state index in [1.54, 1.807) is 24.5 Å². The van der Waals surface area contributed by atoms with E-state index < -0.39 is 5.24 Å². The quantitative estimate of drug-likeness (QED) is 0.785. The second-order valence-electron chi connectivity index (χ2n) is 2.98. The van der Waals surface area contributed by atoms with Crippen LogP contribution in [0, 0.1) is 0 Å². The molecule has 0 aliphatic heterocycles. The Labute approximate surface area is 105 Å². The molecule has 1 aromatic carbocycles. The number of rotatable bonds is 3. The van der Waals surface area contributed by atoms with Gasteiger partial charge in [-0.05, 0) is 35.9 Å². The van der Waals surface area contributed by atoms with Gasteiger partial charge in [0, 0.05) is 12.4 Å². The first kappa shape index (κ1) is 13.2. The Hall–Kier alpha value is -1.87. The lowest BCUT2D eigenvalue weighted by atomic mass is 10.3. The first-order valence-electron chi connectivity index (χ1n) is 5.00. The summed E-state index contributed by atoms with van der Waals surface area (Å²) >= 11 is 5.06. The molecular formula is C13H12ClNO2. The van der Waals surface area contributed by atoms with Crippen molar-refractivity contribution < 1.29 is 9.53 Å². The highest BCUT2D eigenvalue weighted by molar-refractivity contribution is 6.63. The van der Waals surface area contributed by atoms with Crippen molar-refractivity contribution in [1.29, 1.82) is 0 Å². The smallest absolute Gasteiger partial charge is 0.259 e. The largest absolute Gasteiger partial charge is 0.484 e. The van der Waals surface area contributed by atoms with Gasteiger partial charge >= 0.3 is 0 Å². The number of halogens is 1. The minimum Gasteiger partial charge on any atom is -0.484 e. The SMILES string of the molecule is O=C(Cl)COc1ccccc1.c1ccncc1. The summed E-state index contributed by atoms with van der Waals surface area (Å²) < 4.78 is 4.99. The highest BCUT2D eigenvalue weighted by atomic mass is 35.5. The molecule has 0 bridgehead atoms. The van der Waals surface area contributed by atoms with Crippen LogP contribution in [0.3, 0.4) is 0 Å². The predicted octanol–water partition coefficient (Wildman–Crippen LogP) is 2.91. The van der Waals surface area contributed by atoms with Gasteiger partial charge in [-0.2, -0.15) is 0 Å². The molecule has 2 rings (SSSR count). The molecule has 0 radical (unpaired) electrons. The number of hydrogen-bond acceptors (Lipinski definition) is 3. The van der Waals surface area contributed by atoms with E-state index in [1.807, 2.05) is 36.4 Å². The Morgan fingerprint density at radius 1 is 1.06 bits per heavy atom. The summed E-state index contributed by atoms with van der Waals surface area (Å²) in [5.41, 5.74) is 0. The summed E-state index contributed by atoms with van der Waals surface area (Å²) in [6, 6.07) is 14.8. The number of carbonyl (C=O) groups excluding carboxylic acids is 1. The molecule has 0 N–H and O–H groups in total. The molecule has 1 aromatic heterocycles. The number of pyridine rings is 1. The maximum Gasteiger partial charge on any atom is 0.259 e. The molecule has 1 heterocycles. The Morgan fingerprint density at radius 3 is 2.06 bits per heavy atom. The first-order valence-corrected chi connectivity index (χ1v) is 5.38. The molecule has 0 fully saturated rings. The Kier molecular flexibility index (Phi) is 6.44. The Morgan fingerprint density at radius 2 is 1.65 bits per heavy atom. The fourth-order valence-corrected chi connectivity index (χ4v) is 1.02. The van der Waals surface area contributed by atoms with E-state index in [-0.39, 0.29) is 6.61 Å². The third-order valence-electron chi connectivity index (χ3n) is 1.66. The molecule has 0 aliphatic rings. The molecule has 0 saturated carbocycles. The van der Waals surface area contributed by atoms with Crippen molar-refractivity contribution in [1.82, 2.24) is 4.98 Å². The van der Waals surface area contributed by atoms with Gasteiger partial charge in [-0.3, -0.25) is 9.78 Å². The van der Waals surface area contributed by atoms with Gasteiger partial charge in [0.25, 0.3) is 5.24 Å². The Balaban J connectivity index is 0.000000202. The maximum absolute atomic E-state index is 10.3. The van der Waals surface area contributed by atoms with Crippen LogP contribution < -0.4 is 4.74 Å². The van der Waals surface area contributed by atoms with Crippen molar-refractivity contribution in [2.24, 2.45) is 0 Å². The summed E-state index contributed by atoms with van der Waals surface area (Å²) in [5.74, 6) is 0.654. The zero-order chi connectivity index (χ0) is 12.3. The molecule has 0 unspecified atom stereocenters. The fourth-order valence-electron chi connectivity index (χ4n) is 0.969. The van der Waals surface area contributed by atoms with Gasteiger partial charge < -0.3 is 4.74 Å². The van der Waals surface area contributed by atoms with E-state index in [4.69, 9.17) is 16.3 Å². The molecule has 17 heavy (non-hydrogen) atoms. The number of para-hydroxylation sites is 1. The van der Waals surface area contributed by atoms with Gasteiger partial charge in [0.2, 0.25) is 0 Å². The highest BCUT2D eigenvalue weighted by Gasteiger charge is 1.95. The van der Waals surface area contributed by atoms with E-state index in [0.717, 1.165) is 0 Å². The molecular weight excluding hydrogens is 238 g/mol. The molecule has 0 amide bonds. The van der Waals surface area contributed by atoms with Crippen LogP contribution in [0.15, 0.2) is 60.9 Å². The van der Waals surface area contributed by atoms with Crippen molar-refractivity contribution in [3.8, 4) is 5.75 Å². The van der Waals surface area contributed by atoms with Crippen molar-refractivity contribution in [2.75, 3.05) is 6.61 Å². The van der Waals surface area contributed by atoms with Crippen LogP contribution >= 0.6 is 11.6 Å². The molecule has 4 heteroatoms. The summed E-state index contributed by atoms with van der Waals surface area (Å²) in [7, 11) is 0. The minimum absolute atomic E-state index is 0.0778. The monoisotopic (exact) mass is 249 g/mol. The van der Waals surface area contributed by atoms with Crippen molar-refractivity contribution in [3.05, 3.63) is 60.9 Å². The molecule has 0 spiro atoms.